The number of unbranched alkanes of at least 4 members (excludes halogenated alkanes) is 3. The third-order valence-electron chi connectivity index (χ3n) is 7.56. The molecule has 5 rings (SSSR count). The Kier molecular flexibility index (Phi) is 8.44. The molecule has 1 N–H and O–H groups in total. The number of aromatic nitrogens is 4. The molecule has 2 heterocycles. The molecule has 206 valence electrons. The molecule has 0 radical (unpaired) electrons. The van der Waals surface area contributed by atoms with Gasteiger partial charge in [0.1, 0.15) is 5.82 Å². The van der Waals surface area contributed by atoms with Gasteiger partial charge in [-0.25, -0.2) is 14.8 Å². The highest BCUT2D eigenvalue weighted by Gasteiger charge is 2.16. The molecule has 6 nitrogen and oxygen atoms in total. The SMILES string of the molecule is CCCCCCn1cnc(-c2cc(C)c3nc(CCC)n(Cc4ccc(-c5ccccc5C(=O)O)cc4)c3c2)c1. The predicted octanol–water partition coefficient (Wildman–Crippen LogP) is 8.15. The van der Waals surface area contributed by atoms with E-state index in [9.17, 15) is 9.90 Å². The average molecular weight is 535 g/mol. The Morgan fingerprint density at radius 2 is 1.73 bits per heavy atom. The number of aryl methyl sites for hydroxylation is 3. The van der Waals surface area contributed by atoms with E-state index in [1.165, 1.54) is 25.7 Å². The molecular weight excluding hydrogens is 496 g/mol. The molecule has 0 aliphatic heterocycles. The van der Waals surface area contributed by atoms with E-state index in [0.717, 1.165) is 69.8 Å². The summed E-state index contributed by atoms with van der Waals surface area (Å²) >= 11 is 0. The van der Waals surface area contributed by atoms with Gasteiger partial charge >= 0.3 is 5.97 Å². The molecule has 0 aliphatic carbocycles. The third-order valence-corrected chi connectivity index (χ3v) is 7.56. The van der Waals surface area contributed by atoms with E-state index in [-0.39, 0.29) is 0 Å². The summed E-state index contributed by atoms with van der Waals surface area (Å²) in [7, 11) is 0. The molecule has 0 aliphatic rings. The lowest BCUT2D eigenvalue weighted by Crippen LogP contribution is -2.05. The van der Waals surface area contributed by atoms with E-state index in [1.807, 2.05) is 30.6 Å². The molecule has 0 bridgehead atoms. The van der Waals surface area contributed by atoms with E-state index >= 15 is 0 Å². The van der Waals surface area contributed by atoms with Crippen LogP contribution in [0.1, 0.15) is 73.3 Å². The molecule has 2 aromatic heterocycles. The summed E-state index contributed by atoms with van der Waals surface area (Å²) in [6.45, 7) is 8.25. The minimum Gasteiger partial charge on any atom is -0.478 e. The average Bonchev–Trinajstić information content (AvgIpc) is 3.57. The van der Waals surface area contributed by atoms with Crippen molar-refractivity contribution in [2.45, 2.75) is 72.4 Å². The Hall–Kier alpha value is -4.19. The van der Waals surface area contributed by atoms with Crippen molar-refractivity contribution in [3.05, 3.63) is 95.7 Å². The fraction of sp³-hybridized carbons (Fsp3) is 0.324. The van der Waals surface area contributed by atoms with Crippen LogP contribution >= 0.6 is 0 Å². The minimum absolute atomic E-state index is 0.312. The minimum atomic E-state index is -0.915. The van der Waals surface area contributed by atoms with Crippen LogP contribution < -0.4 is 0 Å². The zero-order chi connectivity index (χ0) is 28.1. The summed E-state index contributed by atoms with van der Waals surface area (Å²) in [6, 6.07) is 19.8. The Morgan fingerprint density at radius 3 is 2.48 bits per heavy atom. The molecule has 0 saturated heterocycles. The quantitative estimate of drug-likeness (QED) is 0.164. The van der Waals surface area contributed by atoms with E-state index in [1.54, 1.807) is 12.1 Å². The zero-order valence-corrected chi connectivity index (χ0v) is 23.7. The number of nitrogens with zero attached hydrogens (tertiary/aromatic N) is 4. The highest BCUT2D eigenvalue weighted by atomic mass is 16.4. The summed E-state index contributed by atoms with van der Waals surface area (Å²) in [5.74, 6) is 0.167. The Balaban J connectivity index is 1.46. The maximum Gasteiger partial charge on any atom is 0.336 e. The molecule has 40 heavy (non-hydrogen) atoms. The van der Waals surface area contributed by atoms with Gasteiger partial charge in [0.15, 0.2) is 0 Å². The highest BCUT2D eigenvalue weighted by Crippen LogP contribution is 2.30. The molecular formula is C34H38N4O2. The molecule has 0 fully saturated rings. The van der Waals surface area contributed by atoms with E-state index in [0.29, 0.717) is 12.1 Å². The van der Waals surface area contributed by atoms with Crippen LogP contribution in [0.3, 0.4) is 0 Å². The maximum absolute atomic E-state index is 11.7. The van der Waals surface area contributed by atoms with Crippen molar-refractivity contribution in [2.75, 3.05) is 0 Å². The monoisotopic (exact) mass is 534 g/mol. The fourth-order valence-electron chi connectivity index (χ4n) is 5.43. The van der Waals surface area contributed by atoms with E-state index < -0.39 is 5.97 Å². The van der Waals surface area contributed by atoms with Crippen LogP contribution in [0.2, 0.25) is 0 Å². The predicted molar refractivity (Wildman–Crippen MR) is 162 cm³/mol. The molecule has 3 aromatic carbocycles. The number of carboxylic acids is 1. The van der Waals surface area contributed by atoms with Crippen molar-refractivity contribution >= 4 is 17.0 Å². The molecule has 0 atom stereocenters. The molecule has 0 unspecified atom stereocenters. The normalized spacial score (nSPS) is 11.4. The maximum atomic E-state index is 11.7. The van der Waals surface area contributed by atoms with Crippen molar-refractivity contribution in [3.63, 3.8) is 0 Å². The van der Waals surface area contributed by atoms with Crippen LogP contribution in [0, 0.1) is 6.92 Å². The van der Waals surface area contributed by atoms with Gasteiger partial charge in [0.25, 0.3) is 0 Å². The molecule has 0 amide bonds. The smallest absolute Gasteiger partial charge is 0.336 e. The van der Waals surface area contributed by atoms with Crippen LogP contribution in [0.5, 0.6) is 0 Å². The first-order valence-corrected chi connectivity index (χ1v) is 14.4. The summed E-state index contributed by atoms with van der Waals surface area (Å²) in [4.78, 5) is 21.5. The number of carbonyl (C=O) groups is 1. The van der Waals surface area contributed by atoms with Gasteiger partial charge in [-0.15, -0.1) is 0 Å². The number of imidazole rings is 2. The van der Waals surface area contributed by atoms with Crippen molar-refractivity contribution in [3.8, 4) is 22.4 Å². The van der Waals surface area contributed by atoms with Gasteiger partial charge < -0.3 is 14.2 Å². The first kappa shape index (κ1) is 27.4. The van der Waals surface area contributed by atoms with Gasteiger partial charge in [0.05, 0.1) is 28.6 Å². The van der Waals surface area contributed by atoms with Crippen molar-refractivity contribution < 1.29 is 9.90 Å². The lowest BCUT2D eigenvalue weighted by molar-refractivity contribution is 0.0697. The number of benzene rings is 3. The molecule has 0 spiro atoms. The first-order valence-electron chi connectivity index (χ1n) is 14.4. The molecule has 0 saturated carbocycles. The van der Waals surface area contributed by atoms with E-state index in [4.69, 9.17) is 9.97 Å². The van der Waals surface area contributed by atoms with Crippen LogP contribution in [-0.4, -0.2) is 30.2 Å². The van der Waals surface area contributed by atoms with Crippen molar-refractivity contribution in [1.82, 2.24) is 19.1 Å². The third kappa shape index (κ3) is 5.86. The van der Waals surface area contributed by atoms with Crippen molar-refractivity contribution in [2.24, 2.45) is 0 Å². The summed E-state index contributed by atoms with van der Waals surface area (Å²) < 4.78 is 4.53. The molecule has 6 heteroatoms. The highest BCUT2D eigenvalue weighted by molar-refractivity contribution is 5.96. The second kappa shape index (κ2) is 12.3. The van der Waals surface area contributed by atoms with Crippen molar-refractivity contribution in [1.29, 1.82) is 0 Å². The summed E-state index contributed by atoms with van der Waals surface area (Å²) in [6.07, 6.45) is 11.0. The summed E-state index contributed by atoms with van der Waals surface area (Å²) in [5, 5.41) is 9.60. The number of carboxylic acid groups (broad SMARTS) is 1. The fourth-order valence-corrected chi connectivity index (χ4v) is 5.43. The van der Waals surface area contributed by atoms with Crippen LogP contribution in [0.25, 0.3) is 33.4 Å². The van der Waals surface area contributed by atoms with E-state index in [2.05, 4.69) is 60.4 Å². The second-order valence-electron chi connectivity index (χ2n) is 10.6. The number of hydrogen-bond acceptors (Lipinski definition) is 3. The van der Waals surface area contributed by atoms with Gasteiger partial charge in [-0.3, -0.25) is 0 Å². The zero-order valence-electron chi connectivity index (χ0n) is 23.7. The number of fused-ring (bicyclic) bond motifs is 1. The Labute approximate surface area is 236 Å². The van der Waals surface area contributed by atoms with Gasteiger partial charge in [-0.1, -0.05) is 75.6 Å². The number of hydrogen-bond donors (Lipinski definition) is 1. The topological polar surface area (TPSA) is 72.9 Å². The van der Waals surface area contributed by atoms with Gasteiger partial charge in [0, 0.05) is 31.3 Å². The van der Waals surface area contributed by atoms with Crippen LogP contribution in [0.4, 0.5) is 0 Å². The lowest BCUT2D eigenvalue weighted by Gasteiger charge is -2.12. The van der Waals surface area contributed by atoms with Gasteiger partial charge in [0.2, 0.25) is 0 Å². The number of rotatable bonds is 12. The standard InChI is InChI=1S/C34H38N4O2/c1-4-6-7-10-18-37-22-30(35-23-37)27-19-24(3)33-31(20-27)38(32(36-33)11-5-2)21-25-14-16-26(17-15-25)28-12-8-9-13-29(28)34(39)40/h8-9,12-17,19-20,22-23H,4-7,10-11,18,21H2,1-3H3,(H,39,40). The van der Waals surface area contributed by atoms with Crippen LogP contribution in [-0.2, 0) is 19.5 Å². The van der Waals surface area contributed by atoms with Crippen LogP contribution in [0.15, 0.2) is 73.2 Å². The molecule has 5 aromatic rings. The largest absolute Gasteiger partial charge is 0.478 e. The second-order valence-corrected chi connectivity index (χ2v) is 10.6. The Morgan fingerprint density at radius 1 is 0.925 bits per heavy atom. The first-order chi connectivity index (χ1) is 19.5. The Bertz CT molecular complexity index is 1610. The van der Waals surface area contributed by atoms with Gasteiger partial charge in [-0.2, -0.15) is 0 Å². The summed E-state index contributed by atoms with van der Waals surface area (Å²) in [5.41, 5.74) is 8.51. The van der Waals surface area contributed by atoms with Gasteiger partial charge in [-0.05, 0) is 60.2 Å². The number of aromatic carboxylic acids is 1. The lowest BCUT2D eigenvalue weighted by atomic mass is 9.98.